The Morgan fingerprint density at radius 1 is 1.00 bits per heavy atom. The molecule has 1 N–H and O–H groups in total. The van der Waals surface area contributed by atoms with E-state index in [1.807, 2.05) is 0 Å². The third-order valence-electron chi connectivity index (χ3n) is 7.15. The van der Waals surface area contributed by atoms with Crippen LogP contribution in [-0.2, 0) is 26.2 Å². The van der Waals surface area contributed by atoms with Crippen molar-refractivity contribution < 1.29 is 26.8 Å². The molecule has 0 spiro atoms. The number of carbonyl (C=O) groups excluding carboxylic acids is 2. The molecule has 1 atom stereocenters. The van der Waals surface area contributed by atoms with Crippen molar-refractivity contribution in [1.29, 1.82) is 0 Å². The Morgan fingerprint density at radius 3 is 2.27 bits per heavy atom. The normalized spacial score (nSPS) is 14.4. The van der Waals surface area contributed by atoms with Gasteiger partial charge in [-0.2, -0.15) is 0 Å². The van der Waals surface area contributed by atoms with Gasteiger partial charge >= 0.3 is 0 Å². The minimum atomic E-state index is -4.31. The molecule has 218 valence electrons. The molecule has 11 heteroatoms. The van der Waals surface area contributed by atoms with Gasteiger partial charge in [-0.1, -0.05) is 61.7 Å². The van der Waals surface area contributed by atoms with E-state index in [1.165, 1.54) is 47.4 Å². The summed E-state index contributed by atoms with van der Waals surface area (Å²) in [5, 5.41) is 2.72. The first-order valence-corrected chi connectivity index (χ1v) is 15.3. The summed E-state index contributed by atoms with van der Waals surface area (Å²) in [6, 6.07) is 15.5. The summed E-state index contributed by atoms with van der Waals surface area (Å²) in [6.07, 6.45) is 3.98. The van der Waals surface area contributed by atoms with Crippen LogP contribution >= 0.6 is 11.6 Å². The Morgan fingerprint density at radius 2 is 1.66 bits per heavy atom. The Labute approximate surface area is 244 Å². The first kappa shape index (κ1) is 30.5. The SMILES string of the molecule is CC[C@H](C(=O)NC1CCCC1)N(Cc1ccc(F)cc1)C(=O)CN(c1ccc(F)c(Cl)c1)S(=O)(=O)c1ccccc1. The quantitative estimate of drug-likeness (QED) is 0.306. The highest BCUT2D eigenvalue weighted by Crippen LogP contribution is 2.28. The van der Waals surface area contributed by atoms with E-state index in [2.05, 4.69) is 5.32 Å². The van der Waals surface area contributed by atoms with Crippen molar-refractivity contribution in [2.45, 2.75) is 62.6 Å². The van der Waals surface area contributed by atoms with Crippen LogP contribution in [0.15, 0.2) is 77.7 Å². The molecule has 0 aliphatic heterocycles. The molecule has 3 aromatic carbocycles. The van der Waals surface area contributed by atoms with Crippen molar-refractivity contribution in [3.63, 3.8) is 0 Å². The fourth-order valence-corrected chi connectivity index (χ4v) is 6.56. The molecule has 0 saturated heterocycles. The second-order valence-corrected chi connectivity index (χ2v) is 12.3. The Kier molecular flexibility index (Phi) is 9.99. The highest BCUT2D eigenvalue weighted by Gasteiger charge is 2.34. The molecule has 0 heterocycles. The number of carbonyl (C=O) groups is 2. The van der Waals surface area contributed by atoms with Gasteiger partial charge < -0.3 is 10.2 Å². The number of amides is 2. The first-order chi connectivity index (χ1) is 19.6. The lowest BCUT2D eigenvalue weighted by atomic mass is 10.1. The second kappa shape index (κ2) is 13.4. The highest BCUT2D eigenvalue weighted by molar-refractivity contribution is 7.92. The number of hydrogen-bond donors (Lipinski definition) is 1. The zero-order chi connectivity index (χ0) is 29.6. The minimum absolute atomic E-state index is 0.00985. The van der Waals surface area contributed by atoms with Crippen molar-refractivity contribution in [3.8, 4) is 0 Å². The van der Waals surface area contributed by atoms with E-state index >= 15 is 0 Å². The largest absolute Gasteiger partial charge is 0.352 e. The number of halogens is 3. The fourth-order valence-electron chi connectivity index (χ4n) is 4.96. The summed E-state index contributed by atoms with van der Waals surface area (Å²) < 4.78 is 56.0. The minimum Gasteiger partial charge on any atom is -0.352 e. The molecule has 1 aliphatic carbocycles. The molecule has 0 aromatic heterocycles. The first-order valence-electron chi connectivity index (χ1n) is 13.5. The lowest BCUT2D eigenvalue weighted by Gasteiger charge is -2.33. The van der Waals surface area contributed by atoms with E-state index in [9.17, 15) is 26.8 Å². The van der Waals surface area contributed by atoms with Crippen LogP contribution in [0.25, 0.3) is 0 Å². The van der Waals surface area contributed by atoms with E-state index in [0.29, 0.717) is 5.56 Å². The van der Waals surface area contributed by atoms with Crippen molar-refractivity contribution >= 4 is 39.1 Å². The van der Waals surface area contributed by atoms with Crippen molar-refractivity contribution in [3.05, 3.63) is 95.0 Å². The van der Waals surface area contributed by atoms with Gasteiger partial charge in [-0.15, -0.1) is 0 Å². The van der Waals surface area contributed by atoms with Gasteiger partial charge in [-0.05, 0) is 67.3 Å². The molecule has 3 aromatic rings. The molecule has 0 unspecified atom stereocenters. The molecule has 0 radical (unpaired) electrons. The average molecular weight is 604 g/mol. The summed E-state index contributed by atoms with van der Waals surface area (Å²) in [6.45, 7) is 1.02. The number of benzene rings is 3. The van der Waals surface area contributed by atoms with Crippen LogP contribution in [-0.4, -0.2) is 43.8 Å². The van der Waals surface area contributed by atoms with Crippen LogP contribution in [0.5, 0.6) is 0 Å². The van der Waals surface area contributed by atoms with E-state index in [0.717, 1.165) is 42.1 Å². The highest BCUT2D eigenvalue weighted by atomic mass is 35.5. The third kappa shape index (κ3) is 7.42. The van der Waals surface area contributed by atoms with Crippen molar-refractivity contribution in [1.82, 2.24) is 10.2 Å². The van der Waals surface area contributed by atoms with E-state index in [1.54, 1.807) is 25.1 Å². The summed E-state index contributed by atoms with van der Waals surface area (Å²) in [5.41, 5.74) is 0.549. The average Bonchev–Trinajstić information content (AvgIpc) is 3.47. The van der Waals surface area contributed by atoms with Gasteiger partial charge in [0.15, 0.2) is 0 Å². The van der Waals surface area contributed by atoms with Crippen molar-refractivity contribution in [2.24, 2.45) is 0 Å². The third-order valence-corrected chi connectivity index (χ3v) is 9.23. The Hall–Kier alpha value is -3.50. The lowest BCUT2D eigenvalue weighted by Crippen LogP contribution is -2.53. The molecule has 1 saturated carbocycles. The number of nitrogens with one attached hydrogen (secondary N) is 1. The van der Waals surface area contributed by atoms with Crippen LogP contribution in [0.3, 0.4) is 0 Å². The second-order valence-electron chi connectivity index (χ2n) is 9.99. The zero-order valence-corrected chi connectivity index (χ0v) is 24.2. The molecular weight excluding hydrogens is 572 g/mol. The number of hydrogen-bond acceptors (Lipinski definition) is 4. The van der Waals surface area contributed by atoms with E-state index < -0.39 is 40.2 Å². The molecule has 2 amide bonds. The zero-order valence-electron chi connectivity index (χ0n) is 22.6. The molecule has 0 bridgehead atoms. The molecule has 1 aliphatic rings. The monoisotopic (exact) mass is 603 g/mol. The van der Waals surface area contributed by atoms with Gasteiger partial charge in [0.1, 0.15) is 24.2 Å². The lowest BCUT2D eigenvalue weighted by molar-refractivity contribution is -0.140. The van der Waals surface area contributed by atoms with Crippen LogP contribution in [0, 0.1) is 11.6 Å². The topological polar surface area (TPSA) is 86.8 Å². The molecule has 1 fully saturated rings. The molecular formula is C30H32ClF2N3O4S. The van der Waals surface area contributed by atoms with Crippen molar-refractivity contribution in [2.75, 3.05) is 10.8 Å². The van der Waals surface area contributed by atoms with Gasteiger partial charge in [0.2, 0.25) is 11.8 Å². The maximum absolute atomic E-state index is 14.0. The maximum atomic E-state index is 14.0. The summed E-state index contributed by atoms with van der Waals surface area (Å²) in [4.78, 5) is 28.7. The fraction of sp³-hybridized carbons (Fsp3) is 0.333. The smallest absolute Gasteiger partial charge is 0.264 e. The van der Waals surface area contributed by atoms with Gasteiger partial charge in [0, 0.05) is 12.6 Å². The number of nitrogens with zero attached hydrogens (tertiary/aromatic N) is 2. The van der Waals surface area contributed by atoms with Gasteiger partial charge in [0.05, 0.1) is 15.6 Å². The predicted octanol–water partition coefficient (Wildman–Crippen LogP) is 5.68. The summed E-state index contributed by atoms with van der Waals surface area (Å²) in [7, 11) is -4.31. The van der Waals surface area contributed by atoms with E-state index in [4.69, 9.17) is 11.6 Å². The van der Waals surface area contributed by atoms with Crippen LogP contribution in [0.4, 0.5) is 14.5 Å². The maximum Gasteiger partial charge on any atom is 0.264 e. The molecule has 4 rings (SSSR count). The Balaban J connectivity index is 1.72. The summed E-state index contributed by atoms with van der Waals surface area (Å²) in [5.74, 6) is -2.20. The van der Waals surface area contributed by atoms with Crippen LogP contribution in [0.1, 0.15) is 44.6 Å². The number of sulfonamides is 1. The van der Waals surface area contributed by atoms with E-state index in [-0.39, 0.29) is 40.5 Å². The standard InChI is InChI=1S/C30H32ClF2N3O4S/c1-2-28(30(38)34-23-8-6-7-9-23)35(19-21-12-14-22(32)15-13-21)29(37)20-36(24-16-17-27(33)26(31)18-24)41(39,40)25-10-4-3-5-11-25/h3-5,10-18,23,28H,2,6-9,19-20H2,1H3,(H,34,38)/t28-/m1/s1. The Bertz CT molecular complexity index is 1470. The number of rotatable bonds is 11. The molecule has 7 nitrogen and oxygen atoms in total. The summed E-state index contributed by atoms with van der Waals surface area (Å²) >= 11 is 5.99. The van der Waals surface area contributed by atoms with Gasteiger partial charge in [-0.3, -0.25) is 13.9 Å². The van der Waals surface area contributed by atoms with Crippen LogP contribution in [0.2, 0.25) is 5.02 Å². The molecule has 41 heavy (non-hydrogen) atoms. The number of anilines is 1. The predicted molar refractivity (Wildman–Crippen MR) is 154 cm³/mol. The van der Waals surface area contributed by atoms with Gasteiger partial charge in [0.25, 0.3) is 10.0 Å². The van der Waals surface area contributed by atoms with Gasteiger partial charge in [-0.25, -0.2) is 17.2 Å². The van der Waals surface area contributed by atoms with Crippen LogP contribution < -0.4 is 9.62 Å².